The number of allylic oxidation sites excluding steroid dienone is 1. The molecule has 0 amide bonds. The summed E-state index contributed by atoms with van der Waals surface area (Å²) in [5.74, 6) is 0. The monoisotopic (exact) mass is 273 g/mol. The number of fused-ring (bicyclic) bond motifs is 1. The number of nitrogen functional groups attached to an aromatic ring is 1. The minimum atomic E-state index is 0.774. The molecule has 0 unspecified atom stereocenters. The number of aromatic nitrogens is 1. The van der Waals surface area contributed by atoms with E-state index >= 15 is 0 Å². The first-order valence-electron chi connectivity index (χ1n) is 6.88. The molecule has 0 atom stereocenters. The number of benzene rings is 1. The van der Waals surface area contributed by atoms with Gasteiger partial charge in [0.15, 0.2) is 0 Å². The molecule has 0 fully saturated rings. The Balaban J connectivity index is 1.65. The first-order chi connectivity index (χ1) is 9.34. The summed E-state index contributed by atoms with van der Waals surface area (Å²) >= 11 is 1.63. The van der Waals surface area contributed by atoms with Crippen molar-refractivity contribution < 1.29 is 0 Å². The van der Waals surface area contributed by atoms with Gasteiger partial charge < -0.3 is 11.1 Å². The number of nitrogens with zero attached hydrogens (tertiary/aromatic N) is 1. The molecule has 0 bridgehead atoms. The van der Waals surface area contributed by atoms with Crippen LogP contribution in [-0.2, 0) is 0 Å². The van der Waals surface area contributed by atoms with Crippen LogP contribution in [0.1, 0.15) is 32.1 Å². The van der Waals surface area contributed by atoms with E-state index in [4.69, 9.17) is 5.73 Å². The van der Waals surface area contributed by atoms with E-state index in [-0.39, 0.29) is 0 Å². The summed E-state index contributed by atoms with van der Waals surface area (Å²) in [4.78, 5) is 4.32. The van der Waals surface area contributed by atoms with E-state index in [1.54, 1.807) is 16.9 Å². The van der Waals surface area contributed by atoms with Crippen molar-refractivity contribution in [3.63, 3.8) is 0 Å². The maximum atomic E-state index is 6.15. The maximum Gasteiger partial charge on any atom is 0.106 e. The molecule has 0 saturated carbocycles. The van der Waals surface area contributed by atoms with Crippen molar-refractivity contribution in [1.82, 2.24) is 4.98 Å². The largest absolute Gasteiger partial charge is 0.395 e. The molecule has 1 heterocycles. The number of thiazole rings is 1. The molecule has 3 nitrogen and oxygen atoms in total. The second kappa shape index (κ2) is 5.61. The molecule has 100 valence electrons. The van der Waals surface area contributed by atoms with Crippen LogP contribution in [0.4, 0.5) is 11.4 Å². The molecule has 0 saturated heterocycles. The molecule has 4 heteroatoms. The van der Waals surface area contributed by atoms with Crippen LogP contribution in [0.15, 0.2) is 29.3 Å². The fraction of sp³-hybridized carbons (Fsp3) is 0.400. The number of rotatable bonds is 4. The zero-order valence-corrected chi connectivity index (χ0v) is 11.8. The predicted octanol–water partition coefficient (Wildman–Crippen LogP) is 4.18. The third kappa shape index (κ3) is 2.73. The Bertz CT molecular complexity index is 600. The summed E-state index contributed by atoms with van der Waals surface area (Å²) in [5.41, 5.74) is 12.3. The molecule has 0 spiro atoms. The van der Waals surface area contributed by atoms with Crippen LogP contribution in [0.25, 0.3) is 10.2 Å². The zero-order valence-electron chi connectivity index (χ0n) is 11.0. The van der Waals surface area contributed by atoms with Crippen molar-refractivity contribution >= 4 is 32.9 Å². The average Bonchev–Trinajstić information content (AvgIpc) is 2.92. The minimum absolute atomic E-state index is 0.774. The van der Waals surface area contributed by atoms with E-state index < -0.39 is 0 Å². The third-order valence-electron chi connectivity index (χ3n) is 3.69. The quantitative estimate of drug-likeness (QED) is 0.649. The lowest BCUT2D eigenvalue weighted by Gasteiger charge is -2.14. The van der Waals surface area contributed by atoms with Crippen molar-refractivity contribution in [3.05, 3.63) is 29.3 Å². The number of nitrogens with two attached hydrogens (primary N) is 1. The molecule has 19 heavy (non-hydrogen) atoms. The Hall–Kier alpha value is -1.55. The van der Waals surface area contributed by atoms with Gasteiger partial charge in [-0.25, -0.2) is 4.98 Å². The van der Waals surface area contributed by atoms with Crippen molar-refractivity contribution in [2.24, 2.45) is 0 Å². The predicted molar refractivity (Wildman–Crippen MR) is 83.7 cm³/mol. The van der Waals surface area contributed by atoms with Crippen LogP contribution in [0.5, 0.6) is 0 Å². The second-order valence-electron chi connectivity index (χ2n) is 5.01. The first kappa shape index (κ1) is 12.5. The third-order valence-corrected chi connectivity index (χ3v) is 4.48. The lowest BCUT2D eigenvalue weighted by atomic mass is 9.97. The number of hydrogen-bond donors (Lipinski definition) is 2. The van der Waals surface area contributed by atoms with Gasteiger partial charge in [0.1, 0.15) is 5.52 Å². The standard InChI is InChI=1S/C15H19N3S/c16-14-12(6-7-13-15(14)18-10-19-13)17-9-8-11-4-2-1-3-5-11/h4,6-7,10,17H,1-3,5,8-9,16H2. The maximum absolute atomic E-state index is 6.15. The number of nitrogens with one attached hydrogen (secondary N) is 1. The van der Waals surface area contributed by atoms with Gasteiger partial charge in [0.2, 0.25) is 0 Å². The number of hydrogen-bond acceptors (Lipinski definition) is 4. The van der Waals surface area contributed by atoms with Gasteiger partial charge in [-0.1, -0.05) is 11.6 Å². The summed E-state index contributed by atoms with van der Waals surface area (Å²) < 4.78 is 1.15. The molecule has 2 aromatic rings. The first-order valence-corrected chi connectivity index (χ1v) is 7.76. The van der Waals surface area contributed by atoms with Crippen LogP contribution in [0.2, 0.25) is 0 Å². The van der Waals surface area contributed by atoms with Crippen molar-refractivity contribution in [3.8, 4) is 0 Å². The Morgan fingerprint density at radius 1 is 1.32 bits per heavy atom. The molecule has 3 rings (SSSR count). The highest BCUT2D eigenvalue weighted by molar-refractivity contribution is 7.16. The molecular formula is C15H19N3S. The Morgan fingerprint density at radius 3 is 3.11 bits per heavy atom. The zero-order chi connectivity index (χ0) is 13.1. The van der Waals surface area contributed by atoms with Crippen molar-refractivity contribution in [2.75, 3.05) is 17.6 Å². The smallest absolute Gasteiger partial charge is 0.106 e. The SMILES string of the molecule is Nc1c(NCCC2=CCCCC2)ccc2scnc12. The summed E-state index contributed by atoms with van der Waals surface area (Å²) in [7, 11) is 0. The average molecular weight is 273 g/mol. The normalized spacial score (nSPS) is 15.5. The van der Waals surface area contributed by atoms with Gasteiger partial charge in [-0.2, -0.15) is 0 Å². The van der Waals surface area contributed by atoms with Gasteiger partial charge in [0, 0.05) is 6.54 Å². The van der Waals surface area contributed by atoms with Gasteiger partial charge in [-0.15, -0.1) is 11.3 Å². The van der Waals surface area contributed by atoms with Crippen molar-refractivity contribution in [2.45, 2.75) is 32.1 Å². The Morgan fingerprint density at radius 2 is 2.26 bits per heavy atom. The summed E-state index contributed by atoms with van der Waals surface area (Å²) in [6, 6.07) is 4.15. The molecule has 3 N–H and O–H groups in total. The molecule has 1 aromatic carbocycles. The summed E-state index contributed by atoms with van der Waals surface area (Å²) in [6.45, 7) is 0.950. The highest BCUT2D eigenvalue weighted by Gasteiger charge is 2.07. The van der Waals surface area contributed by atoms with Gasteiger partial charge in [-0.3, -0.25) is 0 Å². The lowest BCUT2D eigenvalue weighted by Crippen LogP contribution is -2.06. The van der Waals surface area contributed by atoms with E-state index in [1.807, 2.05) is 5.51 Å². The van der Waals surface area contributed by atoms with Crippen LogP contribution in [0.3, 0.4) is 0 Å². The van der Waals surface area contributed by atoms with Crippen LogP contribution >= 0.6 is 11.3 Å². The number of anilines is 2. The fourth-order valence-electron chi connectivity index (χ4n) is 2.60. The molecule has 0 aliphatic heterocycles. The lowest BCUT2D eigenvalue weighted by molar-refractivity contribution is 0.679. The van der Waals surface area contributed by atoms with Gasteiger partial charge in [0.25, 0.3) is 0 Å². The van der Waals surface area contributed by atoms with E-state index in [9.17, 15) is 0 Å². The van der Waals surface area contributed by atoms with E-state index in [0.717, 1.165) is 34.6 Å². The Labute approximate surface area is 117 Å². The summed E-state index contributed by atoms with van der Waals surface area (Å²) in [6.07, 6.45) is 8.74. The van der Waals surface area contributed by atoms with Gasteiger partial charge in [0.05, 0.1) is 21.6 Å². The van der Waals surface area contributed by atoms with Crippen molar-refractivity contribution in [1.29, 1.82) is 0 Å². The highest BCUT2D eigenvalue weighted by Crippen LogP contribution is 2.30. The van der Waals surface area contributed by atoms with Crippen LogP contribution in [-0.4, -0.2) is 11.5 Å². The summed E-state index contributed by atoms with van der Waals surface area (Å²) in [5, 5.41) is 3.44. The topological polar surface area (TPSA) is 50.9 Å². The van der Waals surface area contributed by atoms with E-state index in [0.29, 0.717) is 0 Å². The molecule has 1 aliphatic rings. The minimum Gasteiger partial charge on any atom is -0.395 e. The van der Waals surface area contributed by atoms with Crippen LogP contribution in [0, 0.1) is 0 Å². The molecular weight excluding hydrogens is 254 g/mol. The molecule has 0 radical (unpaired) electrons. The Kier molecular flexibility index (Phi) is 3.69. The van der Waals surface area contributed by atoms with E-state index in [1.165, 1.54) is 25.7 Å². The van der Waals surface area contributed by atoms with Gasteiger partial charge in [-0.05, 0) is 44.2 Å². The second-order valence-corrected chi connectivity index (χ2v) is 5.90. The highest BCUT2D eigenvalue weighted by atomic mass is 32.1. The molecule has 1 aromatic heterocycles. The van der Waals surface area contributed by atoms with E-state index in [2.05, 4.69) is 28.5 Å². The molecule has 1 aliphatic carbocycles. The fourth-order valence-corrected chi connectivity index (χ4v) is 3.29. The van der Waals surface area contributed by atoms with Gasteiger partial charge >= 0.3 is 0 Å². The van der Waals surface area contributed by atoms with Crippen LogP contribution < -0.4 is 11.1 Å².